The molecule has 35 heavy (non-hydrogen) atoms. The van der Waals surface area contributed by atoms with Crippen molar-refractivity contribution in [1.82, 2.24) is 0 Å². The van der Waals surface area contributed by atoms with Crippen LogP contribution in [0.4, 0.5) is 5.69 Å². The van der Waals surface area contributed by atoms with Gasteiger partial charge in [-0.25, -0.2) is 14.6 Å². The summed E-state index contributed by atoms with van der Waals surface area (Å²) in [6.45, 7) is 5.57. The molecule has 8 nitrogen and oxygen atoms in total. The summed E-state index contributed by atoms with van der Waals surface area (Å²) < 4.78 is 16.0. The molecular weight excluding hydrogens is 470 g/mol. The molecule has 1 heterocycles. The molecule has 2 aromatic rings. The van der Waals surface area contributed by atoms with E-state index in [2.05, 4.69) is 11.9 Å². The van der Waals surface area contributed by atoms with Crippen molar-refractivity contribution in [2.45, 2.75) is 27.2 Å². The van der Waals surface area contributed by atoms with E-state index in [9.17, 15) is 14.7 Å². The van der Waals surface area contributed by atoms with Crippen LogP contribution in [-0.4, -0.2) is 47.0 Å². The molecular formula is C26H27NO7S. The fraction of sp³-hybridized carbons (Fsp3) is 0.269. The Morgan fingerprint density at radius 1 is 1.00 bits per heavy atom. The normalized spacial score (nSPS) is 15.5. The molecule has 0 saturated heterocycles. The number of aliphatic imine (C=N–C) groups is 1. The molecule has 0 aromatic heterocycles. The predicted octanol–water partition coefficient (Wildman–Crippen LogP) is 5.30. The zero-order valence-corrected chi connectivity index (χ0v) is 20.6. The van der Waals surface area contributed by atoms with Gasteiger partial charge < -0.3 is 24.4 Å². The first-order valence-corrected chi connectivity index (χ1v) is 12.0. The maximum absolute atomic E-state index is 12.6. The minimum Gasteiger partial charge on any atom is -0.506 e. The van der Waals surface area contributed by atoms with Crippen LogP contribution in [0.25, 0.3) is 6.08 Å². The predicted molar refractivity (Wildman–Crippen MR) is 136 cm³/mol. The van der Waals surface area contributed by atoms with E-state index in [0.29, 0.717) is 39.3 Å². The maximum atomic E-state index is 12.6. The number of aliphatic hydroxyl groups excluding tert-OH is 1. The summed E-state index contributed by atoms with van der Waals surface area (Å²) >= 11 is 1.15. The van der Waals surface area contributed by atoms with Gasteiger partial charge in [0, 0.05) is 0 Å². The average molecular weight is 498 g/mol. The Morgan fingerprint density at radius 3 is 2.37 bits per heavy atom. The highest BCUT2D eigenvalue weighted by molar-refractivity contribution is 8.18. The van der Waals surface area contributed by atoms with Gasteiger partial charge in [0.25, 0.3) is 0 Å². The number of benzene rings is 2. The number of aliphatic carboxylic acids is 1. The fourth-order valence-electron chi connectivity index (χ4n) is 3.21. The van der Waals surface area contributed by atoms with Gasteiger partial charge in [0.15, 0.2) is 18.1 Å². The second-order valence-electron chi connectivity index (χ2n) is 7.31. The number of hydrogen-bond donors (Lipinski definition) is 2. The van der Waals surface area contributed by atoms with Gasteiger partial charge in [-0.2, -0.15) is 0 Å². The number of ether oxygens (including phenoxy) is 3. The van der Waals surface area contributed by atoms with Crippen molar-refractivity contribution in [1.29, 1.82) is 0 Å². The summed E-state index contributed by atoms with van der Waals surface area (Å²) in [5.74, 6) is -1.32. The van der Waals surface area contributed by atoms with Crippen molar-refractivity contribution in [3.05, 3.63) is 69.8 Å². The Balaban J connectivity index is 1.98. The molecule has 0 spiro atoms. The van der Waals surface area contributed by atoms with Crippen molar-refractivity contribution in [2.24, 2.45) is 4.99 Å². The molecule has 2 aromatic carbocycles. The number of nitrogens with zero attached hydrogens (tertiary/aromatic N) is 1. The van der Waals surface area contributed by atoms with Gasteiger partial charge in [-0.1, -0.05) is 36.9 Å². The maximum Gasteiger partial charge on any atom is 0.344 e. The van der Waals surface area contributed by atoms with E-state index < -0.39 is 18.5 Å². The van der Waals surface area contributed by atoms with Gasteiger partial charge in [0.05, 0.1) is 23.8 Å². The number of hydrogen-bond acceptors (Lipinski definition) is 8. The van der Waals surface area contributed by atoms with Crippen LogP contribution in [-0.2, 0) is 20.7 Å². The van der Waals surface area contributed by atoms with Gasteiger partial charge in [-0.05, 0) is 61.7 Å². The van der Waals surface area contributed by atoms with Gasteiger partial charge in [0.2, 0.25) is 0 Å². The van der Waals surface area contributed by atoms with Crippen LogP contribution in [0.3, 0.4) is 0 Å². The largest absolute Gasteiger partial charge is 0.506 e. The Bertz CT molecular complexity index is 1180. The minimum absolute atomic E-state index is 0.00844. The molecule has 0 fully saturated rings. The molecule has 2 N–H and O–H groups in total. The molecule has 0 aliphatic carbocycles. The topological polar surface area (TPSA) is 115 Å². The highest BCUT2D eigenvalue weighted by Crippen LogP contribution is 2.41. The molecule has 0 unspecified atom stereocenters. The highest BCUT2D eigenvalue weighted by atomic mass is 32.2. The van der Waals surface area contributed by atoms with Crippen LogP contribution in [0.1, 0.15) is 31.9 Å². The van der Waals surface area contributed by atoms with Crippen LogP contribution in [0.5, 0.6) is 11.5 Å². The molecule has 0 saturated carbocycles. The summed E-state index contributed by atoms with van der Waals surface area (Å²) in [6, 6.07) is 12.6. The average Bonchev–Trinajstić information content (AvgIpc) is 3.13. The van der Waals surface area contributed by atoms with Crippen molar-refractivity contribution in [3.8, 4) is 11.5 Å². The van der Waals surface area contributed by atoms with Crippen LogP contribution >= 0.6 is 11.8 Å². The molecule has 0 atom stereocenters. The first-order chi connectivity index (χ1) is 16.9. The third-order valence-electron chi connectivity index (χ3n) is 4.86. The van der Waals surface area contributed by atoms with E-state index in [1.54, 1.807) is 38.1 Å². The number of thioether (sulfide) groups is 1. The van der Waals surface area contributed by atoms with Crippen LogP contribution in [0, 0.1) is 0 Å². The minimum atomic E-state index is -1.10. The summed E-state index contributed by atoms with van der Waals surface area (Å²) in [4.78, 5) is 28.5. The SMILES string of the molecule is CCOC(=O)C1=C(O)/C(=C\c2ccc(OCC(=O)O)c(OCC)c2)SC1=Nc1ccc(CC)cc1. The molecule has 1 aliphatic rings. The standard InChI is InChI=1S/C26H27NO7S/c1-4-16-7-10-18(11-8-16)27-25-23(26(31)33-6-3)24(30)21(35-25)14-17-9-12-19(34-15-22(28)29)20(13-17)32-5-2/h7-14,30H,4-6,15H2,1-3H3,(H,28,29)/b21-14+,27-25?. The zero-order chi connectivity index (χ0) is 25.4. The molecule has 0 radical (unpaired) electrons. The molecule has 184 valence electrons. The number of rotatable bonds is 10. The van der Waals surface area contributed by atoms with E-state index in [1.807, 2.05) is 24.3 Å². The summed E-state index contributed by atoms with van der Waals surface area (Å²) in [5.41, 5.74) is 2.48. The van der Waals surface area contributed by atoms with Crippen LogP contribution in [0.2, 0.25) is 0 Å². The second kappa shape index (κ2) is 12.1. The molecule has 3 rings (SSSR count). The number of carboxylic acid groups (broad SMARTS) is 1. The molecule has 0 amide bonds. The van der Waals surface area contributed by atoms with Crippen molar-refractivity contribution in [2.75, 3.05) is 19.8 Å². The Labute approximate surface area is 207 Å². The number of esters is 1. The summed E-state index contributed by atoms with van der Waals surface area (Å²) in [6.07, 6.45) is 2.59. The second-order valence-corrected chi connectivity index (χ2v) is 8.34. The molecule has 9 heteroatoms. The fourth-order valence-corrected chi connectivity index (χ4v) is 4.24. The smallest absolute Gasteiger partial charge is 0.344 e. The van der Waals surface area contributed by atoms with Crippen LogP contribution in [0.15, 0.2) is 63.7 Å². The Kier molecular flexibility index (Phi) is 8.97. The van der Waals surface area contributed by atoms with Crippen molar-refractivity contribution >= 4 is 40.5 Å². The first-order valence-electron chi connectivity index (χ1n) is 11.2. The Hall–Kier alpha value is -3.72. The van der Waals surface area contributed by atoms with Gasteiger partial charge >= 0.3 is 11.9 Å². The lowest BCUT2D eigenvalue weighted by molar-refractivity contribution is -0.139. The highest BCUT2D eigenvalue weighted by Gasteiger charge is 2.33. The van der Waals surface area contributed by atoms with Crippen molar-refractivity contribution < 1.29 is 34.0 Å². The number of carbonyl (C=O) groups is 2. The number of carboxylic acids is 1. The van der Waals surface area contributed by atoms with E-state index in [1.165, 1.54) is 5.56 Å². The number of aryl methyl sites for hydroxylation is 1. The van der Waals surface area contributed by atoms with E-state index in [0.717, 1.165) is 18.2 Å². The Morgan fingerprint density at radius 2 is 1.74 bits per heavy atom. The van der Waals surface area contributed by atoms with E-state index >= 15 is 0 Å². The van der Waals surface area contributed by atoms with Gasteiger partial charge in [0.1, 0.15) is 16.4 Å². The first kappa shape index (κ1) is 25.9. The summed E-state index contributed by atoms with van der Waals surface area (Å²) in [7, 11) is 0. The van der Waals surface area contributed by atoms with Gasteiger partial charge in [-0.15, -0.1) is 0 Å². The quantitative estimate of drug-likeness (QED) is 0.425. The number of carbonyl (C=O) groups excluding carboxylic acids is 1. The third-order valence-corrected chi connectivity index (χ3v) is 5.88. The third kappa shape index (κ3) is 6.66. The monoisotopic (exact) mass is 497 g/mol. The van der Waals surface area contributed by atoms with E-state index in [4.69, 9.17) is 19.3 Å². The van der Waals surface area contributed by atoms with Crippen LogP contribution < -0.4 is 9.47 Å². The molecule has 1 aliphatic heterocycles. The lowest BCUT2D eigenvalue weighted by Crippen LogP contribution is -2.12. The lowest BCUT2D eigenvalue weighted by atomic mass is 10.1. The summed E-state index contributed by atoms with van der Waals surface area (Å²) in [5, 5.41) is 20.1. The van der Waals surface area contributed by atoms with Crippen molar-refractivity contribution in [3.63, 3.8) is 0 Å². The molecule has 0 bridgehead atoms. The van der Waals surface area contributed by atoms with Gasteiger partial charge in [-0.3, -0.25) is 0 Å². The zero-order valence-electron chi connectivity index (χ0n) is 19.7. The van der Waals surface area contributed by atoms with E-state index in [-0.39, 0.29) is 17.9 Å². The number of aliphatic hydroxyl groups is 1. The lowest BCUT2D eigenvalue weighted by Gasteiger charge is -2.11.